The Balaban J connectivity index is 3.46. The molecule has 0 unspecified atom stereocenters. The second-order valence-electron chi connectivity index (χ2n) is 7.04. The van der Waals surface area contributed by atoms with Crippen LogP contribution in [0, 0.1) is 0 Å². The zero-order valence-corrected chi connectivity index (χ0v) is 15.2. The molecule has 0 saturated carbocycles. The minimum Gasteiger partial charge on any atom is -0.481 e. The minimum absolute atomic E-state index is 0.0482. The highest BCUT2D eigenvalue weighted by atomic mass is 16.4. The fourth-order valence-electron chi connectivity index (χ4n) is 2.49. The van der Waals surface area contributed by atoms with Crippen LogP contribution in [0.1, 0.15) is 58.3 Å². The van der Waals surface area contributed by atoms with Crippen molar-refractivity contribution in [1.29, 1.82) is 0 Å². The largest absolute Gasteiger partial charge is 0.481 e. The van der Waals surface area contributed by atoms with E-state index in [1.807, 2.05) is 0 Å². The maximum Gasteiger partial charge on any atom is 0.303 e. The molecule has 0 fully saturated rings. The first-order valence-electron chi connectivity index (χ1n) is 8.72. The molecule has 0 aliphatic rings. The number of aliphatic carboxylic acids is 1. The Bertz CT molecular complexity index is 378. The van der Waals surface area contributed by atoms with E-state index in [0.717, 1.165) is 43.4 Å². The van der Waals surface area contributed by atoms with Crippen molar-refractivity contribution in [3.8, 4) is 0 Å². The van der Waals surface area contributed by atoms with Gasteiger partial charge in [0.05, 0.1) is 33.6 Å². The maximum absolute atomic E-state index is 11.3. The number of carboxylic acid groups (broad SMARTS) is 1. The van der Waals surface area contributed by atoms with E-state index in [1.54, 1.807) is 6.92 Å². The Morgan fingerprint density at radius 3 is 2.04 bits per heavy atom. The molecule has 0 bridgehead atoms. The number of nitrogens with one attached hydrogen (secondary N) is 1. The van der Waals surface area contributed by atoms with Gasteiger partial charge in [-0.2, -0.15) is 0 Å². The van der Waals surface area contributed by atoms with Gasteiger partial charge in [-0.25, -0.2) is 0 Å². The first-order valence-corrected chi connectivity index (χ1v) is 8.72. The van der Waals surface area contributed by atoms with Crippen molar-refractivity contribution in [2.24, 2.45) is 0 Å². The van der Waals surface area contributed by atoms with Crippen molar-refractivity contribution < 1.29 is 19.2 Å². The maximum atomic E-state index is 11.3. The van der Waals surface area contributed by atoms with Crippen molar-refractivity contribution in [1.82, 2.24) is 5.32 Å². The van der Waals surface area contributed by atoms with Crippen molar-refractivity contribution >= 4 is 11.9 Å². The lowest BCUT2D eigenvalue weighted by Gasteiger charge is -2.29. The molecule has 5 nitrogen and oxygen atoms in total. The Kier molecular flexibility index (Phi) is 11.4. The standard InChI is InChI=1S/C18H34N2O3/c1-16(2)18(23)19-13-9-7-5-6-8-10-14-20(3,4)15-11-12-17(21)22/h1,5-15H2,2-4H3,(H-,19,21,22,23)/p+1. The van der Waals surface area contributed by atoms with Gasteiger partial charge in [-0.1, -0.05) is 25.8 Å². The van der Waals surface area contributed by atoms with Gasteiger partial charge in [-0.05, 0) is 26.2 Å². The molecule has 0 saturated heterocycles. The SMILES string of the molecule is C=C(C)C(=O)NCCCCCCCC[N+](C)(C)CCCC(=O)O. The first kappa shape index (κ1) is 21.6. The van der Waals surface area contributed by atoms with Gasteiger partial charge in [0.25, 0.3) is 0 Å². The van der Waals surface area contributed by atoms with Gasteiger partial charge in [-0.15, -0.1) is 0 Å². The summed E-state index contributed by atoms with van der Waals surface area (Å²) in [6, 6.07) is 0. The molecule has 0 radical (unpaired) electrons. The molecule has 0 aromatic heterocycles. The van der Waals surface area contributed by atoms with Crippen molar-refractivity contribution in [2.75, 3.05) is 33.7 Å². The van der Waals surface area contributed by atoms with E-state index in [1.165, 1.54) is 25.7 Å². The van der Waals surface area contributed by atoms with Gasteiger partial charge in [0.2, 0.25) is 5.91 Å². The summed E-state index contributed by atoms with van der Waals surface area (Å²) in [4.78, 5) is 21.8. The predicted molar refractivity (Wildman–Crippen MR) is 94.2 cm³/mol. The number of hydrogen-bond acceptors (Lipinski definition) is 2. The quantitative estimate of drug-likeness (QED) is 0.293. The molecule has 0 spiro atoms. The topological polar surface area (TPSA) is 66.4 Å². The lowest BCUT2D eigenvalue weighted by Crippen LogP contribution is -2.41. The summed E-state index contributed by atoms with van der Waals surface area (Å²) < 4.78 is 0.903. The second kappa shape index (κ2) is 12.1. The van der Waals surface area contributed by atoms with Crippen LogP contribution in [-0.2, 0) is 9.59 Å². The minimum atomic E-state index is -0.704. The summed E-state index contributed by atoms with van der Waals surface area (Å²) in [6.45, 7) is 8.09. The van der Waals surface area contributed by atoms with Crippen LogP contribution in [0.4, 0.5) is 0 Å². The van der Waals surface area contributed by atoms with E-state index < -0.39 is 5.97 Å². The Morgan fingerprint density at radius 2 is 1.48 bits per heavy atom. The fourth-order valence-corrected chi connectivity index (χ4v) is 2.49. The Morgan fingerprint density at radius 1 is 0.957 bits per heavy atom. The van der Waals surface area contributed by atoms with Crippen LogP contribution >= 0.6 is 0 Å². The van der Waals surface area contributed by atoms with Gasteiger partial charge in [0.15, 0.2) is 0 Å². The molecule has 0 aromatic rings. The van der Waals surface area contributed by atoms with Crippen molar-refractivity contribution in [2.45, 2.75) is 58.3 Å². The molecule has 0 aliphatic carbocycles. The van der Waals surface area contributed by atoms with Gasteiger partial charge in [0.1, 0.15) is 0 Å². The summed E-state index contributed by atoms with van der Waals surface area (Å²) in [5.41, 5.74) is 0.564. The van der Waals surface area contributed by atoms with E-state index in [-0.39, 0.29) is 12.3 Å². The number of nitrogens with zero attached hydrogens (tertiary/aromatic N) is 1. The Hall–Kier alpha value is -1.36. The highest BCUT2D eigenvalue weighted by Gasteiger charge is 2.14. The van der Waals surface area contributed by atoms with E-state index in [2.05, 4.69) is 26.0 Å². The van der Waals surface area contributed by atoms with Crippen LogP contribution in [0.3, 0.4) is 0 Å². The number of quaternary nitrogens is 1. The van der Waals surface area contributed by atoms with E-state index >= 15 is 0 Å². The third kappa shape index (κ3) is 14.0. The monoisotopic (exact) mass is 327 g/mol. The molecule has 23 heavy (non-hydrogen) atoms. The molecule has 0 aromatic carbocycles. The second-order valence-corrected chi connectivity index (χ2v) is 7.04. The van der Waals surface area contributed by atoms with Crippen molar-refractivity contribution in [3.63, 3.8) is 0 Å². The normalized spacial score (nSPS) is 11.3. The molecule has 0 heterocycles. The highest BCUT2D eigenvalue weighted by molar-refractivity contribution is 5.91. The summed E-state index contributed by atoms with van der Waals surface area (Å²) in [5, 5.41) is 11.5. The van der Waals surface area contributed by atoms with Gasteiger partial charge in [0, 0.05) is 18.5 Å². The smallest absolute Gasteiger partial charge is 0.303 e. The first-order chi connectivity index (χ1) is 10.7. The molecular formula is C18H35N2O3+. The molecule has 2 N–H and O–H groups in total. The number of carbonyl (C=O) groups is 2. The third-order valence-corrected chi connectivity index (χ3v) is 4.02. The average Bonchev–Trinajstić information content (AvgIpc) is 2.44. The lowest BCUT2D eigenvalue weighted by molar-refractivity contribution is -0.890. The molecule has 134 valence electrons. The lowest BCUT2D eigenvalue weighted by atomic mass is 10.1. The van der Waals surface area contributed by atoms with Crippen molar-refractivity contribution in [3.05, 3.63) is 12.2 Å². The molecule has 0 aliphatic heterocycles. The highest BCUT2D eigenvalue weighted by Crippen LogP contribution is 2.09. The Labute approximate surface area is 141 Å². The predicted octanol–water partition coefficient (Wildman–Crippen LogP) is 2.96. The van der Waals surface area contributed by atoms with Crippen LogP contribution < -0.4 is 5.32 Å². The third-order valence-electron chi connectivity index (χ3n) is 4.02. The number of carboxylic acids is 1. The van der Waals surface area contributed by atoms with Gasteiger partial charge < -0.3 is 14.9 Å². The van der Waals surface area contributed by atoms with Crippen LogP contribution in [0.2, 0.25) is 0 Å². The fraction of sp³-hybridized carbons (Fsp3) is 0.778. The van der Waals surface area contributed by atoms with E-state index in [4.69, 9.17) is 5.11 Å². The van der Waals surface area contributed by atoms with Crippen LogP contribution in [-0.4, -0.2) is 55.2 Å². The van der Waals surface area contributed by atoms with Crippen LogP contribution in [0.25, 0.3) is 0 Å². The summed E-state index contributed by atoms with van der Waals surface area (Å²) in [5.74, 6) is -0.752. The summed E-state index contributed by atoms with van der Waals surface area (Å²) >= 11 is 0. The number of hydrogen-bond donors (Lipinski definition) is 2. The zero-order chi connectivity index (χ0) is 17.7. The van der Waals surface area contributed by atoms with Gasteiger partial charge in [-0.3, -0.25) is 9.59 Å². The summed E-state index contributed by atoms with van der Waals surface area (Å²) in [7, 11) is 4.35. The number of amides is 1. The molecular weight excluding hydrogens is 292 g/mol. The molecule has 0 rings (SSSR count). The number of carbonyl (C=O) groups excluding carboxylic acids is 1. The van der Waals surface area contributed by atoms with Gasteiger partial charge >= 0.3 is 5.97 Å². The molecule has 5 heteroatoms. The average molecular weight is 327 g/mol. The van der Waals surface area contributed by atoms with Crippen LogP contribution in [0.5, 0.6) is 0 Å². The zero-order valence-electron chi connectivity index (χ0n) is 15.2. The number of unbranched alkanes of at least 4 members (excludes halogenated alkanes) is 5. The number of rotatable bonds is 14. The summed E-state index contributed by atoms with van der Waals surface area (Å²) in [6.07, 6.45) is 8.02. The van der Waals surface area contributed by atoms with Crippen LogP contribution in [0.15, 0.2) is 12.2 Å². The van der Waals surface area contributed by atoms with E-state index in [0.29, 0.717) is 5.57 Å². The molecule has 0 atom stereocenters. The van der Waals surface area contributed by atoms with E-state index in [9.17, 15) is 9.59 Å². The molecule has 1 amide bonds.